The molecular weight excluding hydrogens is 312 g/mol. The number of hydrogen-bond donors (Lipinski definition) is 4. The van der Waals surface area contributed by atoms with Gasteiger partial charge in [-0.15, -0.1) is 0 Å². The number of para-hydroxylation sites is 2. The SMILES string of the molecule is CC(=CC(N)=O)C(=O)Nc1ccccc1NC(=O)C(C)=CC(N)=O. The minimum atomic E-state index is -0.739. The summed E-state index contributed by atoms with van der Waals surface area (Å²) in [5.41, 5.74) is 10.9. The maximum absolute atomic E-state index is 12.0. The van der Waals surface area contributed by atoms with Crippen LogP contribution in [-0.2, 0) is 19.2 Å². The number of rotatable bonds is 6. The number of nitrogens with one attached hydrogen (secondary N) is 2. The fourth-order valence-corrected chi connectivity index (χ4v) is 1.70. The maximum atomic E-state index is 12.0. The van der Waals surface area contributed by atoms with Crippen molar-refractivity contribution in [3.05, 3.63) is 47.6 Å². The smallest absolute Gasteiger partial charge is 0.251 e. The molecule has 0 aromatic heterocycles. The average Bonchev–Trinajstić information content (AvgIpc) is 2.47. The van der Waals surface area contributed by atoms with Crippen molar-refractivity contribution in [1.29, 1.82) is 0 Å². The molecule has 0 spiro atoms. The quantitative estimate of drug-likeness (QED) is 0.560. The van der Waals surface area contributed by atoms with E-state index in [1.54, 1.807) is 24.3 Å². The highest BCUT2D eigenvalue weighted by Gasteiger charge is 2.12. The van der Waals surface area contributed by atoms with E-state index >= 15 is 0 Å². The van der Waals surface area contributed by atoms with E-state index in [0.29, 0.717) is 11.4 Å². The van der Waals surface area contributed by atoms with Crippen molar-refractivity contribution >= 4 is 35.0 Å². The molecule has 0 aliphatic heterocycles. The van der Waals surface area contributed by atoms with Crippen LogP contribution in [0.15, 0.2) is 47.6 Å². The fourth-order valence-electron chi connectivity index (χ4n) is 1.70. The van der Waals surface area contributed by atoms with Gasteiger partial charge in [-0.25, -0.2) is 0 Å². The van der Waals surface area contributed by atoms with E-state index in [4.69, 9.17) is 11.5 Å². The Morgan fingerprint density at radius 3 is 1.42 bits per heavy atom. The van der Waals surface area contributed by atoms with Gasteiger partial charge in [-0.1, -0.05) is 12.1 Å². The first kappa shape index (κ1) is 18.6. The lowest BCUT2D eigenvalue weighted by Gasteiger charge is -2.12. The second-order valence-corrected chi connectivity index (χ2v) is 4.91. The van der Waals surface area contributed by atoms with Crippen molar-refractivity contribution in [3.8, 4) is 0 Å². The Balaban J connectivity index is 2.97. The third-order valence-corrected chi connectivity index (χ3v) is 2.86. The van der Waals surface area contributed by atoms with Crippen LogP contribution in [0, 0.1) is 0 Å². The molecule has 1 rings (SSSR count). The van der Waals surface area contributed by atoms with Crippen molar-refractivity contribution in [2.75, 3.05) is 10.6 Å². The van der Waals surface area contributed by atoms with E-state index < -0.39 is 23.6 Å². The van der Waals surface area contributed by atoms with Crippen LogP contribution in [0.3, 0.4) is 0 Å². The number of benzene rings is 1. The molecule has 0 radical (unpaired) electrons. The number of carbonyl (C=O) groups excluding carboxylic acids is 4. The predicted octanol–water partition coefficient (Wildman–Crippen LogP) is 0.427. The fraction of sp³-hybridized carbons (Fsp3) is 0.125. The molecule has 4 amide bonds. The van der Waals surface area contributed by atoms with Crippen LogP contribution >= 0.6 is 0 Å². The van der Waals surface area contributed by atoms with E-state index in [1.807, 2.05) is 0 Å². The molecule has 24 heavy (non-hydrogen) atoms. The number of anilines is 2. The molecule has 0 saturated carbocycles. The van der Waals surface area contributed by atoms with E-state index in [1.165, 1.54) is 13.8 Å². The zero-order valence-corrected chi connectivity index (χ0v) is 13.3. The van der Waals surface area contributed by atoms with Crippen LogP contribution in [-0.4, -0.2) is 23.6 Å². The van der Waals surface area contributed by atoms with E-state index in [9.17, 15) is 19.2 Å². The topological polar surface area (TPSA) is 144 Å². The first-order chi connectivity index (χ1) is 11.2. The van der Waals surface area contributed by atoms with Gasteiger partial charge in [0.05, 0.1) is 11.4 Å². The van der Waals surface area contributed by atoms with Crippen LogP contribution < -0.4 is 22.1 Å². The number of carbonyl (C=O) groups is 4. The van der Waals surface area contributed by atoms with E-state index in [-0.39, 0.29) is 11.1 Å². The molecule has 8 nitrogen and oxygen atoms in total. The van der Waals surface area contributed by atoms with Gasteiger partial charge in [0.1, 0.15) is 0 Å². The second kappa shape index (κ2) is 8.28. The zero-order valence-electron chi connectivity index (χ0n) is 13.3. The van der Waals surface area contributed by atoms with Crippen molar-refractivity contribution < 1.29 is 19.2 Å². The Morgan fingerprint density at radius 2 is 1.12 bits per heavy atom. The summed E-state index contributed by atoms with van der Waals surface area (Å²) >= 11 is 0. The molecule has 1 aromatic rings. The van der Waals surface area contributed by atoms with Gasteiger partial charge in [-0.05, 0) is 26.0 Å². The summed E-state index contributed by atoms with van der Waals surface area (Å²) in [5.74, 6) is -2.56. The standard InChI is InChI=1S/C16H18N4O4/c1-9(7-13(17)21)15(23)19-11-5-3-4-6-12(11)20-16(24)10(2)8-14(18)22/h3-8H,1-2H3,(H2,17,21)(H2,18,22)(H,19,23)(H,20,24). The highest BCUT2D eigenvalue weighted by atomic mass is 16.2. The largest absolute Gasteiger partial charge is 0.366 e. The van der Waals surface area contributed by atoms with Crippen molar-refractivity contribution in [2.45, 2.75) is 13.8 Å². The third kappa shape index (κ3) is 5.76. The summed E-state index contributed by atoms with van der Waals surface area (Å²) < 4.78 is 0. The minimum absolute atomic E-state index is 0.119. The molecule has 0 heterocycles. The monoisotopic (exact) mass is 330 g/mol. The van der Waals surface area contributed by atoms with Crippen LogP contribution in [0.2, 0.25) is 0 Å². The summed E-state index contributed by atoms with van der Waals surface area (Å²) in [6, 6.07) is 6.45. The Labute approximate surface area is 138 Å². The first-order valence-electron chi connectivity index (χ1n) is 6.88. The predicted molar refractivity (Wildman–Crippen MR) is 89.6 cm³/mol. The maximum Gasteiger partial charge on any atom is 0.251 e. The summed E-state index contributed by atoms with van der Waals surface area (Å²) in [7, 11) is 0. The molecule has 8 heteroatoms. The summed E-state index contributed by atoms with van der Waals surface area (Å²) in [5, 5.41) is 5.12. The first-order valence-corrected chi connectivity index (χ1v) is 6.88. The Bertz CT molecular complexity index is 687. The molecule has 0 fully saturated rings. The van der Waals surface area contributed by atoms with Crippen LogP contribution in [0.1, 0.15) is 13.8 Å². The van der Waals surface area contributed by atoms with Gasteiger partial charge < -0.3 is 22.1 Å². The summed E-state index contributed by atoms with van der Waals surface area (Å²) in [4.78, 5) is 45.6. The Kier molecular flexibility index (Phi) is 6.42. The molecule has 0 atom stereocenters. The van der Waals surface area contributed by atoms with Crippen molar-refractivity contribution in [3.63, 3.8) is 0 Å². The van der Waals surface area contributed by atoms with E-state index in [2.05, 4.69) is 10.6 Å². The highest BCUT2D eigenvalue weighted by molar-refractivity contribution is 6.11. The Hall–Kier alpha value is -3.42. The zero-order chi connectivity index (χ0) is 18.3. The van der Waals surface area contributed by atoms with Gasteiger partial charge >= 0.3 is 0 Å². The van der Waals surface area contributed by atoms with Gasteiger partial charge in [0.2, 0.25) is 11.8 Å². The molecule has 0 saturated heterocycles. The van der Waals surface area contributed by atoms with Crippen LogP contribution in [0.25, 0.3) is 0 Å². The number of primary amides is 2. The van der Waals surface area contributed by atoms with Gasteiger partial charge in [0.15, 0.2) is 0 Å². The number of hydrogen-bond acceptors (Lipinski definition) is 4. The highest BCUT2D eigenvalue weighted by Crippen LogP contribution is 2.22. The molecule has 0 unspecified atom stereocenters. The van der Waals surface area contributed by atoms with Crippen molar-refractivity contribution in [2.24, 2.45) is 11.5 Å². The number of amides is 4. The second-order valence-electron chi connectivity index (χ2n) is 4.91. The summed E-state index contributed by atoms with van der Waals surface area (Å²) in [6.07, 6.45) is 1.99. The number of nitrogens with two attached hydrogens (primary N) is 2. The minimum Gasteiger partial charge on any atom is -0.366 e. The van der Waals surface area contributed by atoms with Gasteiger partial charge in [0, 0.05) is 23.3 Å². The van der Waals surface area contributed by atoms with Crippen LogP contribution in [0.4, 0.5) is 11.4 Å². The average molecular weight is 330 g/mol. The van der Waals surface area contributed by atoms with Crippen molar-refractivity contribution in [1.82, 2.24) is 0 Å². The Morgan fingerprint density at radius 1 is 0.792 bits per heavy atom. The lowest BCUT2D eigenvalue weighted by Crippen LogP contribution is -2.19. The molecule has 0 bridgehead atoms. The van der Waals surface area contributed by atoms with Crippen LogP contribution in [0.5, 0.6) is 0 Å². The molecule has 0 aliphatic rings. The molecule has 126 valence electrons. The van der Waals surface area contributed by atoms with Gasteiger partial charge in [-0.3, -0.25) is 19.2 Å². The van der Waals surface area contributed by atoms with Gasteiger partial charge in [-0.2, -0.15) is 0 Å². The van der Waals surface area contributed by atoms with Gasteiger partial charge in [0.25, 0.3) is 11.8 Å². The lowest BCUT2D eigenvalue weighted by atomic mass is 10.2. The third-order valence-electron chi connectivity index (χ3n) is 2.86. The molecule has 6 N–H and O–H groups in total. The van der Waals surface area contributed by atoms with E-state index in [0.717, 1.165) is 12.2 Å². The normalized spacial score (nSPS) is 11.6. The lowest BCUT2D eigenvalue weighted by molar-refractivity contribution is -0.115. The molecule has 1 aromatic carbocycles. The molecule has 0 aliphatic carbocycles. The summed E-state index contributed by atoms with van der Waals surface area (Å²) in [6.45, 7) is 2.86. The molecular formula is C16H18N4O4.